The first-order valence-corrected chi connectivity index (χ1v) is 8.81. The van der Waals surface area contributed by atoms with Crippen LogP contribution < -0.4 is 10.6 Å². The molecule has 0 spiro atoms. The first-order valence-electron chi connectivity index (χ1n) is 8.81. The molecule has 1 aromatic heterocycles. The molecule has 0 radical (unpaired) electrons. The average molecular weight is 357 g/mol. The highest BCUT2D eigenvalue weighted by molar-refractivity contribution is 5.92. The smallest absolute Gasteiger partial charge is 0.271 e. The van der Waals surface area contributed by atoms with E-state index < -0.39 is 0 Å². The largest absolute Gasteiger partial charge is 0.378 e. The third kappa shape index (κ3) is 4.49. The van der Waals surface area contributed by atoms with E-state index in [2.05, 4.69) is 29.6 Å². The summed E-state index contributed by atoms with van der Waals surface area (Å²) in [7, 11) is 0. The molecule has 2 aliphatic heterocycles. The van der Waals surface area contributed by atoms with Crippen LogP contribution in [0.5, 0.6) is 0 Å². The number of hydrogen-bond acceptors (Lipinski definition) is 4. The normalized spacial score (nSPS) is 27.0. The van der Waals surface area contributed by atoms with Gasteiger partial charge in [0.2, 0.25) is 0 Å². The van der Waals surface area contributed by atoms with E-state index in [4.69, 9.17) is 4.74 Å². The molecule has 24 heavy (non-hydrogen) atoms. The van der Waals surface area contributed by atoms with Gasteiger partial charge in [-0.25, -0.2) is 0 Å². The van der Waals surface area contributed by atoms with Crippen molar-refractivity contribution in [1.29, 1.82) is 0 Å². The van der Waals surface area contributed by atoms with Crippen molar-refractivity contribution in [2.24, 2.45) is 11.8 Å². The zero-order chi connectivity index (χ0) is 16.2. The lowest BCUT2D eigenvalue weighted by Crippen LogP contribution is -2.35. The summed E-state index contributed by atoms with van der Waals surface area (Å²) in [5.41, 5.74) is 0.510. The third-order valence-corrected chi connectivity index (χ3v) is 4.93. The Balaban J connectivity index is 0.00000208. The minimum atomic E-state index is -0.0816. The Kier molecular flexibility index (Phi) is 7.07. The number of rotatable bonds is 5. The van der Waals surface area contributed by atoms with Crippen LogP contribution in [0.3, 0.4) is 0 Å². The second-order valence-corrected chi connectivity index (χ2v) is 7.02. The van der Waals surface area contributed by atoms with Gasteiger partial charge < -0.3 is 15.4 Å². The van der Waals surface area contributed by atoms with Gasteiger partial charge in [-0.3, -0.25) is 9.48 Å². The number of hydrogen-bond donors (Lipinski definition) is 2. The van der Waals surface area contributed by atoms with Gasteiger partial charge in [0.05, 0.1) is 12.1 Å². The molecule has 1 aromatic rings. The Hall–Kier alpha value is -1.11. The quantitative estimate of drug-likeness (QED) is 0.847. The molecule has 3 heterocycles. The Labute approximate surface area is 150 Å². The highest BCUT2D eigenvalue weighted by atomic mass is 35.5. The van der Waals surface area contributed by atoms with Gasteiger partial charge in [-0.1, -0.05) is 13.8 Å². The van der Waals surface area contributed by atoms with E-state index in [0.717, 1.165) is 39.0 Å². The number of ether oxygens (including phenoxy) is 1. The van der Waals surface area contributed by atoms with Crippen LogP contribution in [0.25, 0.3) is 0 Å². The third-order valence-electron chi connectivity index (χ3n) is 4.93. The second-order valence-electron chi connectivity index (χ2n) is 7.02. The van der Waals surface area contributed by atoms with Crippen molar-refractivity contribution in [3.05, 3.63) is 18.0 Å². The van der Waals surface area contributed by atoms with Gasteiger partial charge in [-0.05, 0) is 37.8 Å². The fourth-order valence-electron chi connectivity index (χ4n) is 3.65. The van der Waals surface area contributed by atoms with Crippen LogP contribution >= 0.6 is 12.4 Å². The number of halogens is 1. The van der Waals surface area contributed by atoms with Crippen molar-refractivity contribution in [2.45, 2.75) is 45.3 Å². The fourth-order valence-corrected chi connectivity index (χ4v) is 3.65. The molecule has 0 aliphatic carbocycles. The maximum absolute atomic E-state index is 12.3. The number of amides is 1. The van der Waals surface area contributed by atoms with Gasteiger partial charge in [0.25, 0.3) is 5.91 Å². The molecular formula is C17H29ClN4O2. The SMILES string of the molecule is CC(C)C1OCCC1CNC(=O)c1ccn(C2CCCNC2)n1.Cl. The monoisotopic (exact) mass is 356 g/mol. The number of carbonyl (C=O) groups is 1. The molecule has 3 rings (SSSR count). The highest BCUT2D eigenvalue weighted by Crippen LogP contribution is 2.26. The summed E-state index contributed by atoms with van der Waals surface area (Å²) < 4.78 is 7.70. The molecule has 0 aromatic carbocycles. The fraction of sp³-hybridized carbons (Fsp3) is 0.765. The van der Waals surface area contributed by atoms with Crippen LogP contribution in [0.1, 0.15) is 49.6 Å². The first kappa shape index (κ1) is 19.2. The predicted molar refractivity (Wildman–Crippen MR) is 95.6 cm³/mol. The van der Waals surface area contributed by atoms with E-state index in [9.17, 15) is 4.79 Å². The van der Waals surface area contributed by atoms with Crippen molar-refractivity contribution in [3.8, 4) is 0 Å². The van der Waals surface area contributed by atoms with E-state index in [1.807, 2.05) is 16.9 Å². The number of nitrogens with one attached hydrogen (secondary N) is 2. The van der Waals surface area contributed by atoms with Gasteiger partial charge in [0.15, 0.2) is 0 Å². The summed E-state index contributed by atoms with van der Waals surface area (Å²) in [4.78, 5) is 12.3. The molecular weight excluding hydrogens is 328 g/mol. The van der Waals surface area contributed by atoms with E-state index in [-0.39, 0.29) is 24.4 Å². The van der Waals surface area contributed by atoms with Crippen LogP contribution in [0.15, 0.2) is 12.3 Å². The summed E-state index contributed by atoms with van der Waals surface area (Å²) in [6.07, 6.45) is 5.46. The zero-order valence-corrected chi connectivity index (χ0v) is 15.3. The van der Waals surface area contributed by atoms with Crippen LogP contribution in [0.4, 0.5) is 0 Å². The van der Waals surface area contributed by atoms with Gasteiger partial charge in [0.1, 0.15) is 5.69 Å². The Bertz CT molecular complexity index is 528. The van der Waals surface area contributed by atoms with Crippen LogP contribution in [-0.2, 0) is 4.74 Å². The predicted octanol–water partition coefficient (Wildman–Crippen LogP) is 2.02. The minimum Gasteiger partial charge on any atom is -0.378 e. The molecule has 2 fully saturated rings. The molecule has 2 saturated heterocycles. The van der Waals surface area contributed by atoms with Gasteiger partial charge in [-0.2, -0.15) is 5.10 Å². The van der Waals surface area contributed by atoms with E-state index in [1.54, 1.807) is 0 Å². The van der Waals surface area contributed by atoms with Crippen LogP contribution in [0, 0.1) is 11.8 Å². The standard InChI is InChI=1S/C17H28N4O2.ClH/c1-12(2)16-13(6-9-23-16)10-19-17(22)15-5-8-21(20-15)14-4-3-7-18-11-14;/h5,8,12-14,16,18H,3-4,6-7,9-11H2,1-2H3,(H,19,22);1H. The number of piperidine rings is 1. The Morgan fingerprint density at radius 1 is 1.50 bits per heavy atom. The van der Waals surface area contributed by atoms with Crippen molar-refractivity contribution in [2.75, 3.05) is 26.2 Å². The van der Waals surface area contributed by atoms with Crippen molar-refractivity contribution < 1.29 is 9.53 Å². The summed E-state index contributed by atoms with van der Waals surface area (Å²) in [6, 6.07) is 2.17. The maximum Gasteiger partial charge on any atom is 0.271 e. The number of carbonyl (C=O) groups excluding carboxylic acids is 1. The van der Waals surface area contributed by atoms with E-state index in [1.165, 1.54) is 0 Å². The van der Waals surface area contributed by atoms with Gasteiger partial charge in [0, 0.05) is 31.8 Å². The zero-order valence-electron chi connectivity index (χ0n) is 14.5. The van der Waals surface area contributed by atoms with E-state index >= 15 is 0 Å². The summed E-state index contributed by atoms with van der Waals surface area (Å²) in [6.45, 7) is 7.81. The lowest BCUT2D eigenvalue weighted by Gasteiger charge is -2.23. The topological polar surface area (TPSA) is 68.2 Å². The Morgan fingerprint density at radius 3 is 3.04 bits per heavy atom. The molecule has 1 amide bonds. The first-order chi connectivity index (χ1) is 11.1. The molecule has 0 bridgehead atoms. The number of aromatic nitrogens is 2. The van der Waals surface area contributed by atoms with Crippen molar-refractivity contribution in [1.82, 2.24) is 20.4 Å². The summed E-state index contributed by atoms with van der Waals surface area (Å²) >= 11 is 0. The second kappa shape index (κ2) is 8.83. The van der Waals surface area contributed by atoms with Gasteiger partial charge in [-0.15, -0.1) is 12.4 Å². The average Bonchev–Trinajstić information content (AvgIpc) is 3.22. The summed E-state index contributed by atoms with van der Waals surface area (Å²) in [5.74, 6) is 0.808. The maximum atomic E-state index is 12.3. The van der Waals surface area contributed by atoms with Crippen LogP contribution in [-0.4, -0.2) is 48.0 Å². The molecule has 6 nitrogen and oxygen atoms in total. The molecule has 3 atom stereocenters. The van der Waals surface area contributed by atoms with Crippen molar-refractivity contribution in [3.63, 3.8) is 0 Å². The van der Waals surface area contributed by atoms with Crippen LogP contribution in [0.2, 0.25) is 0 Å². The molecule has 136 valence electrons. The molecule has 2 N–H and O–H groups in total. The Morgan fingerprint density at radius 2 is 2.33 bits per heavy atom. The van der Waals surface area contributed by atoms with Crippen molar-refractivity contribution >= 4 is 18.3 Å². The highest BCUT2D eigenvalue weighted by Gasteiger charge is 2.31. The lowest BCUT2D eigenvalue weighted by atomic mass is 9.93. The number of nitrogens with zero attached hydrogens (tertiary/aromatic N) is 2. The molecule has 7 heteroatoms. The summed E-state index contributed by atoms with van der Waals surface area (Å²) in [5, 5.41) is 10.9. The van der Waals surface area contributed by atoms with E-state index in [0.29, 0.717) is 30.1 Å². The molecule has 2 aliphatic rings. The minimum absolute atomic E-state index is 0. The van der Waals surface area contributed by atoms with Gasteiger partial charge >= 0.3 is 0 Å². The molecule has 3 unspecified atom stereocenters. The molecule has 0 saturated carbocycles. The lowest BCUT2D eigenvalue weighted by molar-refractivity contribution is 0.0533.